The Labute approximate surface area is 170 Å². The normalized spacial score (nSPS) is 15.2. The van der Waals surface area contributed by atoms with Crippen LogP contribution in [0.5, 0.6) is 0 Å². The lowest BCUT2D eigenvalue weighted by molar-refractivity contribution is 0.332. The smallest absolute Gasteiger partial charge is 0.226 e. The van der Waals surface area contributed by atoms with E-state index in [0.717, 1.165) is 29.9 Å². The van der Waals surface area contributed by atoms with Gasteiger partial charge in [0.2, 0.25) is 11.7 Å². The Balaban J connectivity index is 1.33. The van der Waals surface area contributed by atoms with Crippen LogP contribution >= 0.6 is 11.8 Å². The molecule has 0 unspecified atom stereocenters. The summed E-state index contributed by atoms with van der Waals surface area (Å²) in [5.74, 6) is 2.31. The van der Waals surface area contributed by atoms with E-state index in [9.17, 15) is 0 Å². The first kappa shape index (κ1) is 19.2. The second-order valence-electron chi connectivity index (χ2n) is 7.43. The maximum Gasteiger partial charge on any atom is 0.226 e. The third kappa shape index (κ3) is 4.29. The standard InChI is InChI=1S/C21H27N5OS/c1-15-16(2)26(18-7-4-3-5-8-18)21(23-15)28-14-6-9-19-24-20(25-27-19)17-10-12-22-13-11-17/h10-13,18H,3-9,14H2,1-2H3. The van der Waals surface area contributed by atoms with Gasteiger partial charge in [0.25, 0.3) is 0 Å². The minimum absolute atomic E-state index is 0.622. The van der Waals surface area contributed by atoms with Crippen molar-refractivity contribution in [2.75, 3.05) is 5.75 Å². The minimum Gasteiger partial charge on any atom is -0.339 e. The zero-order chi connectivity index (χ0) is 19.3. The quantitative estimate of drug-likeness (QED) is 0.404. The van der Waals surface area contributed by atoms with Gasteiger partial charge < -0.3 is 9.09 Å². The van der Waals surface area contributed by atoms with Gasteiger partial charge >= 0.3 is 0 Å². The fourth-order valence-electron chi connectivity index (χ4n) is 3.83. The zero-order valence-electron chi connectivity index (χ0n) is 16.6. The van der Waals surface area contributed by atoms with E-state index in [0.29, 0.717) is 17.8 Å². The Hall–Kier alpha value is -2.15. The summed E-state index contributed by atoms with van der Waals surface area (Å²) < 4.78 is 7.90. The zero-order valence-corrected chi connectivity index (χ0v) is 17.4. The average Bonchev–Trinajstić information content (AvgIpc) is 3.31. The van der Waals surface area contributed by atoms with Crippen LogP contribution in [0.2, 0.25) is 0 Å². The lowest BCUT2D eigenvalue weighted by Gasteiger charge is -2.26. The molecule has 0 atom stereocenters. The number of hydrogen-bond acceptors (Lipinski definition) is 6. The number of imidazole rings is 1. The third-order valence-corrected chi connectivity index (χ3v) is 6.51. The van der Waals surface area contributed by atoms with Gasteiger partial charge in [-0.05, 0) is 45.2 Å². The topological polar surface area (TPSA) is 69.6 Å². The number of nitrogens with zero attached hydrogens (tertiary/aromatic N) is 5. The largest absolute Gasteiger partial charge is 0.339 e. The molecule has 28 heavy (non-hydrogen) atoms. The average molecular weight is 398 g/mol. The summed E-state index contributed by atoms with van der Waals surface area (Å²) in [6, 6.07) is 4.40. The molecule has 1 aliphatic rings. The van der Waals surface area contributed by atoms with Crippen LogP contribution in [0.15, 0.2) is 34.2 Å². The first-order valence-corrected chi connectivity index (χ1v) is 11.1. The molecular weight excluding hydrogens is 370 g/mol. The highest BCUT2D eigenvalue weighted by molar-refractivity contribution is 7.99. The Morgan fingerprint density at radius 3 is 2.68 bits per heavy atom. The van der Waals surface area contributed by atoms with Crippen molar-refractivity contribution in [1.29, 1.82) is 0 Å². The second kappa shape index (κ2) is 8.90. The van der Waals surface area contributed by atoms with Gasteiger partial charge in [0.05, 0.1) is 5.69 Å². The molecule has 4 rings (SSSR count). The number of aromatic nitrogens is 5. The van der Waals surface area contributed by atoms with Gasteiger partial charge in [-0.3, -0.25) is 4.98 Å². The molecule has 148 valence electrons. The van der Waals surface area contributed by atoms with Crippen LogP contribution in [-0.2, 0) is 6.42 Å². The van der Waals surface area contributed by atoms with E-state index < -0.39 is 0 Å². The minimum atomic E-state index is 0.622. The molecule has 3 heterocycles. The van der Waals surface area contributed by atoms with Gasteiger partial charge in [0.1, 0.15) is 0 Å². The summed E-state index contributed by atoms with van der Waals surface area (Å²) in [6.07, 6.45) is 11.8. The Morgan fingerprint density at radius 2 is 1.89 bits per heavy atom. The summed E-state index contributed by atoms with van der Waals surface area (Å²) >= 11 is 1.85. The summed E-state index contributed by atoms with van der Waals surface area (Å²) in [5, 5.41) is 5.25. The molecule has 3 aromatic heterocycles. The van der Waals surface area contributed by atoms with Crippen molar-refractivity contribution < 1.29 is 4.52 Å². The molecule has 0 N–H and O–H groups in total. The van der Waals surface area contributed by atoms with E-state index >= 15 is 0 Å². The summed E-state index contributed by atoms with van der Waals surface area (Å²) in [4.78, 5) is 13.4. The molecule has 1 saturated carbocycles. The SMILES string of the molecule is Cc1nc(SCCCc2nc(-c3ccncc3)no2)n(C2CCCCC2)c1C. The van der Waals surface area contributed by atoms with Crippen LogP contribution in [-0.4, -0.2) is 30.4 Å². The van der Waals surface area contributed by atoms with E-state index in [1.165, 1.54) is 43.0 Å². The van der Waals surface area contributed by atoms with Gasteiger partial charge in [0, 0.05) is 41.9 Å². The van der Waals surface area contributed by atoms with Crippen LogP contribution in [0.1, 0.15) is 61.8 Å². The summed E-state index contributed by atoms with van der Waals surface area (Å²) in [6.45, 7) is 4.33. The maximum absolute atomic E-state index is 5.40. The highest BCUT2D eigenvalue weighted by atomic mass is 32.2. The molecule has 0 saturated heterocycles. The van der Waals surface area contributed by atoms with Crippen molar-refractivity contribution in [1.82, 2.24) is 24.7 Å². The van der Waals surface area contributed by atoms with Crippen LogP contribution in [0, 0.1) is 13.8 Å². The molecule has 0 radical (unpaired) electrons. The summed E-state index contributed by atoms with van der Waals surface area (Å²) in [7, 11) is 0. The third-order valence-electron chi connectivity index (χ3n) is 5.47. The summed E-state index contributed by atoms with van der Waals surface area (Å²) in [5.41, 5.74) is 3.42. The maximum atomic E-state index is 5.40. The lowest BCUT2D eigenvalue weighted by atomic mass is 9.95. The van der Waals surface area contributed by atoms with Crippen LogP contribution < -0.4 is 0 Å². The fourth-order valence-corrected chi connectivity index (χ4v) is 4.93. The van der Waals surface area contributed by atoms with E-state index in [2.05, 4.69) is 33.5 Å². The highest BCUT2D eigenvalue weighted by Gasteiger charge is 2.22. The van der Waals surface area contributed by atoms with Gasteiger partial charge in [-0.1, -0.05) is 36.2 Å². The molecule has 1 aliphatic carbocycles. The molecule has 0 aromatic carbocycles. The molecular formula is C21H27N5OS. The second-order valence-corrected chi connectivity index (χ2v) is 8.49. The van der Waals surface area contributed by atoms with Gasteiger partial charge in [-0.15, -0.1) is 0 Å². The van der Waals surface area contributed by atoms with Crippen molar-refractivity contribution in [3.8, 4) is 11.4 Å². The van der Waals surface area contributed by atoms with Crippen molar-refractivity contribution in [3.63, 3.8) is 0 Å². The molecule has 6 nitrogen and oxygen atoms in total. The molecule has 0 amide bonds. The number of rotatable bonds is 7. The number of hydrogen-bond donors (Lipinski definition) is 0. The van der Waals surface area contributed by atoms with Crippen molar-refractivity contribution in [3.05, 3.63) is 41.8 Å². The fraction of sp³-hybridized carbons (Fsp3) is 0.524. The molecule has 0 spiro atoms. The Morgan fingerprint density at radius 1 is 1.11 bits per heavy atom. The number of aryl methyl sites for hydroxylation is 2. The van der Waals surface area contributed by atoms with E-state index in [1.807, 2.05) is 23.9 Å². The molecule has 0 bridgehead atoms. The van der Waals surface area contributed by atoms with E-state index in [4.69, 9.17) is 9.51 Å². The molecule has 0 aliphatic heterocycles. The van der Waals surface area contributed by atoms with Crippen molar-refractivity contribution in [2.45, 2.75) is 70.0 Å². The van der Waals surface area contributed by atoms with Crippen LogP contribution in [0.4, 0.5) is 0 Å². The first-order chi connectivity index (χ1) is 13.7. The van der Waals surface area contributed by atoms with Gasteiger partial charge in [-0.2, -0.15) is 4.98 Å². The van der Waals surface area contributed by atoms with E-state index in [-0.39, 0.29) is 0 Å². The van der Waals surface area contributed by atoms with Gasteiger partial charge in [0.15, 0.2) is 5.16 Å². The van der Waals surface area contributed by atoms with Crippen molar-refractivity contribution in [2.24, 2.45) is 0 Å². The van der Waals surface area contributed by atoms with Crippen LogP contribution in [0.25, 0.3) is 11.4 Å². The van der Waals surface area contributed by atoms with Gasteiger partial charge in [-0.25, -0.2) is 4.98 Å². The van der Waals surface area contributed by atoms with Crippen LogP contribution in [0.3, 0.4) is 0 Å². The molecule has 3 aromatic rings. The van der Waals surface area contributed by atoms with Crippen molar-refractivity contribution >= 4 is 11.8 Å². The predicted molar refractivity (Wildman–Crippen MR) is 110 cm³/mol. The highest BCUT2D eigenvalue weighted by Crippen LogP contribution is 2.34. The van der Waals surface area contributed by atoms with E-state index in [1.54, 1.807) is 12.4 Å². The lowest BCUT2D eigenvalue weighted by Crippen LogP contribution is -2.15. The predicted octanol–water partition coefficient (Wildman–Crippen LogP) is 5.18. The molecule has 1 fully saturated rings. The Kier molecular flexibility index (Phi) is 6.10. The first-order valence-electron chi connectivity index (χ1n) is 10.1. The number of thioether (sulfide) groups is 1. The number of pyridine rings is 1. The Bertz CT molecular complexity index is 899. The monoisotopic (exact) mass is 397 g/mol. The molecule has 7 heteroatoms.